The number of anilines is 1. The largest absolute Gasteiger partial charge is 0.493 e. The van der Waals surface area contributed by atoms with Crippen LogP contribution in [0.3, 0.4) is 0 Å². The molecule has 3 aromatic carbocycles. The SMILES string of the molecule is CCCCOC(=O)c1ccc(N2C(=O)[C@@H]3[C@H](C2=O)[C@H]2c4ccccc4C=CN2[C@@H]3C(=O)c2ccc(OC)c(OC)c2)cc1. The number of unbranched alkanes of at least 4 members (excludes halogenated alkanes) is 1. The second-order valence-electron chi connectivity index (χ2n) is 10.8. The Balaban J connectivity index is 1.38. The van der Waals surface area contributed by atoms with E-state index in [9.17, 15) is 19.2 Å². The minimum absolute atomic E-state index is 0.296. The number of amides is 2. The molecule has 0 aromatic heterocycles. The monoisotopic (exact) mass is 580 g/mol. The van der Waals surface area contributed by atoms with E-state index in [1.807, 2.05) is 48.4 Å². The second kappa shape index (κ2) is 11.4. The van der Waals surface area contributed by atoms with E-state index >= 15 is 0 Å². The van der Waals surface area contributed by atoms with Gasteiger partial charge in [0.1, 0.15) is 6.04 Å². The van der Waals surface area contributed by atoms with Crippen LogP contribution in [-0.4, -0.2) is 55.3 Å². The van der Waals surface area contributed by atoms with Crippen LogP contribution in [0.5, 0.6) is 11.5 Å². The lowest BCUT2D eigenvalue weighted by molar-refractivity contribution is -0.123. The summed E-state index contributed by atoms with van der Waals surface area (Å²) in [6, 6.07) is 17.4. The maximum absolute atomic E-state index is 14.2. The molecule has 43 heavy (non-hydrogen) atoms. The molecular weight excluding hydrogens is 548 g/mol. The zero-order chi connectivity index (χ0) is 30.2. The fraction of sp³-hybridized carbons (Fsp3) is 0.294. The molecule has 2 fully saturated rings. The molecule has 4 atom stereocenters. The van der Waals surface area contributed by atoms with E-state index < -0.39 is 35.8 Å². The number of methoxy groups -OCH3 is 2. The minimum atomic E-state index is -0.924. The standard InChI is InChI=1S/C34H32N2O7/c1-4-5-18-43-34(40)21-10-13-23(14-11-21)36-32(38)27-28(33(36)39)30(31(37)22-12-15-25(41-2)26(19-22)42-3)35-17-16-20-8-6-7-9-24(20)29(27)35/h6-17,19,27-30H,4-5,18H2,1-3H3/t27-,28+,29+,30-/m0/s1. The van der Waals surface area contributed by atoms with E-state index in [2.05, 4.69) is 0 Å². The van der Waals surface area contributed by atoms with Crippen molar-refractivity contribution < 1.29 is 33.4 Å². The van der Waals surface area contributed by atoms with Gasteiger partial charge in [-0.1, -0.05) is 37.6 Å². The van der Waals surface area contributed by atoms with Crippen LogP contribution in [0.15, 0.2) is 72.9 Å². The minimum Gasteiger partial charge on any atom is -0.493 e. The maximum atomic E-state index is 14.2. The summed E-state index contributed by atoms with van der Waals surface area (Å²) < 4.78 is 16.1. The fourth-order valence-corrected chi connectivity index (χ4v) is 6.41. The highest BCUT2D eigenvalue weighted by Crippen LogP contribution is 2.53. The quantitative estimate of drug-likeness (QED) is 0.150. The van der Waals surface area contributed by atoms with Crippen molar-refractivity contribution in [3.8, 4) is 11.5 Å². The number of fused-ring (bicyclic) bond motifs is 5. The van der Waals surface area contributed by atoms with Crippen LogP contribution in [0.4, 0.5) is 5.69 Å². The molecule has 0 saturated carbocycles. The summed E-state index contributed by atoms with van der Waals surface area (Å²) in [5.74, 6) is -2.43. The van der Waals surface area contributed by atoms with Gasteiger partial charge in [-0.2, -0.15) is 0 Å². The maximum Gasteiger partial charge on any atom is 0.338 e. The van der Waals surface area contributed by atoms with Crippen molar-refractivity contribution in [1.82, 2.24) is 4.90 Å². The van der Waals surface area contributed by atoms with Gasteiger partial charge in [-0.25, -0.2) is 9.69 Å². The van der Waals surface area contributed by atoms with Crippen molar-refractivity contribution in [1.29, 1.82) is 0 Å². The number of hydrogen-bond donors (Lipinski definition) is 0. The molecule has 3 heterocycles. The lowest BCUT2D eigenvalue weighted by atomic mass is 9.83. The van der Waals surface area contributed by atoms with Crippen LogP contribution in [0, 0.1) is 11.8 Å². The van der Waals surface area contributed by atoms with Gasteiger partial charge in [0.25, 0.3) is 0 Å². The summed E-state index contributed by atoms with van der Waals surface area (Å²) in [6.07, 6.45) is 5.40. The van der Waals surface area contributed by atoms with Gasteiger partial charge in [0.2, 0.25) is 11.8 Å². The Morgan fingerprint density at radius 2 is 1.53 bits per heavy atom. The number of rotatable bonds is 9. The third kappa shape index (κ3) is 4.65. The number of benzene rings is 3. The summed E-state index contributed by atoms with van der Waals surface area (Å²) in [5.41, 5.74) is 2.84. The molecule has 0 unspecified atom stereocenters. The van der Waals surface area contributed by atoms with Crippen LogP contribution in [0.1, 0.15) is 57.7 Å². The molecule has 3 aromatic rings. The van der Waals surface area contributed by atoms with Crippen molar-refractivity contribution in [2.45, 2.75) is 31.8 Å². The second-order valence-corrected chi connectivity index (χ2v) is 10.8. The average Bonchev–Trinajstić information content (AvgIpc) is 3.52. The molecule has 0 radical (unpaired) electrons. The van der Waals surface area contributed by atoms with Gasteiger partial charge in [0.15, 0.2) is 17.3 Å². The van der Waals surface area contributed by atoms with Gasteiger partial charge < -0.3 is 19.1 Å². The van der Waals surface area contributed by atoms with E-state index in [4.69, 9.17) is 14.2 Å². The molecule has 3 aliphatic heterocycles. The van der Waals surface area contributed by atoms with E-state index in [-0.39, 0.29) is 11.7 Å². The number of ether oxygens (including phenoxy) is 3. The molecule has 0 spiro atoms. The summed E-state index contributed by atoms with van der Waals surface area (Å²) in [4.78, 5) is 58.0. The van der Waals surface area contributed by atoms with Gasteiger partial charge in [-0.15, -0.1) is 0 Å². The number of Topliss-reactive ketones (excluding diaryl/α,β-unsaturated/α-hetero) is 1. The number of imide groups is 1. The Labute approximate surface area is 249 Å². The molecule has 0 N–H and O–H groups in total. The Bertz CT molecular complexity index is 1630. The first-order chi connectivity index (χ1) is 20.9. The fourth-order valence-electron chi connectivity index (χ4n) is 6.41. The van der Waals surface area contributed by atoms with Gasteiger partial charge in [0, 0.05) is 11.8 Å². The third-order valence-electron chi connectivity index (χ3n) is 8.49. The molecule has 2 saturated heterocycles. The summed E-state index contributed by atoms with van der Waals surface area (Å²) >= 11 is 0. The predicted molar refractivity (Wildman–Crippen MR) is 159 cm³/mol. The van der Waals surface area contributed by atoms with Crippen molar-refractivity contribution in [2.75, 3.05) is 25.7 Å². The van der Waals surface area contributed by atoms with E-state index in [1.165, 1.54) is 14.2 Å². The van der Waals surface area contributed by atoms with Crippen LogP contribution >= 0.6 is 0 Å². The van der Waals surface area contributed by atoms with Gasteiger partial charge >= 0.3 is 5.97 Å². The van der Waals surface area contributed by atoms with E-state index in [0.717, 1.165) is 28.9 Å². The lowest BCUT2D eigenvalue weighted by Gasteiger charge is -2.35. The van der Waals surface area contributed by atoms with Crippen LogP contribution in [-0.2, 0) is 14.3 Å². The predicted octanol–water partition coefficient (Wildman–Crippen LogP) is 5.06. The normalized spacial score (nSPS) is 21.7. The molecule has 0 aliphatic carbocycles. The van der Waals surface area contributed by atoms with Crippen LogP contribution in [0.2, 0.25) is 0 Å². The number of carbonyl (C=O) groups excluding carboxylic acids is 4. The molecule has 9 heteroatoms. The highest BCUT2D eigenvalue weighted by molar-refractivity contribution is 6.24. The van der Waals surface area contributed by atoms with Gasteiger partial charge in [-0.05, 0) is 66.1 Å². The number of hydrogen-bond acceptors (Lipinski definition) is 8. The summed E-state index contributed by atoms with van der Waals surface area (Å²) in [5, 5.41) is 0. The Morgan fingerprint density at radius 1 is 0.837 bits per heavy atom. The van der Waals surface area contributed by atoms with E-state index in [0.29, 0.717) is 34.9 Å². The number of nitrogens with zero attached hydrogens (tertiary/aromatic N) is 2. The summed E-state index contributed by atoms with van der Waals surface area (Å²) in [7, 11) is 3.01. The molecule has 6 rings (SSSR count). The third-order valence-corrected chi connectivity index (χ3v) is 8.49. The molecule has 0 bridgehead atoms. The topological polar surface area (TPSA) is 102 Å². The first-order valence-corrected chi connectivity index (χ1v) is 14.4. The smallest absolute Gasteiger partial charge is 0.338 e. The Hall–Kier alpha value is -4.92. The highest BCUT2D eigenvalue weighted by atomic mass is 16.5. The molecule has 9 nitrogen and oxygen atoms in total. The zero-order valence-corrected chi connectivity index (χ0v) is 24.2. The number of esters is 1. The molecule has 3 aliphatic rings. The molecule has 2 amide bonds. The summed E-state index contributed by atoms with van der Waals surface area (Å²) in [6.45, 7) is 2.34. The van der Waals surface area contributed by atoms with E-state index in [1.54, 1.807) is 42.5 Å². The van der Waals surface area contributed by atoms with Crippen molar-refractivity contribution in [2.24, 2.45) is 11.8 Å². The van der Waals surface area contributed by atoms with Gasteiger partial charge in [-0.3, -0.25) is 14.4 Å². The van der Waals surface area contributed by atoms with Crippen LogP contribution < -0.4 is 14.4 Å². The number of carbonyl (C=O) groups is 4. The Morgan fingerprint density at radius 3 is 2.26 bits per heavy atom. The highest BCUT2D eigenvalue weighted by Gasteiger charge is 2.64. The van der Waals surface area contributed by atoms with Crippen molar-refractivity contribution in [3.05, 3.63) is 95.2 Å². The molecule has 220 valence electrons. The first kappa shape index (κ1) is 28.2. The van der Waals surface area contributed by atoms with Crippen molar-refractivity contribution in [3.63, 3.8) is 0 Å². The molecular formula is C34H32N2O7. The van der Waals surface area contributed by atoms with Gasteiger partial charge in [0.05, 0.1) is 50.0 Å². The Kier molecular flexibility index (Phi) is 7.48. The average molecular weight is 581 g/mol. The van der Waals surface area contributed by atoms with Crippen LogP contribution in [0.25, 0.3) is 6.08 Å². The number of ketones is 1. The zero-order valence-electron chi connectivity index (χ0n) is 24.2. The van der Waals surface area contributed by atoms with Crippen molar-refractivity contribution >= 4 is 35.3 Å². The first-order valence-electron chi connectivity index (χ1n) is 14.4. The lowest BCUT2D eigenvalue weighted by Crippen LogP contribution is -2.44.